The molecule has 0 aliphatic carbocycles. The molecule has 0 fully saturated rings. The molecular formula is C23H20O6. The molecule has 0 aliphatic heterocycles. The first kappa shape index (κ1) is 19.9. The zero-order chi connectivity index (χ0) is 20.5. The van der Waals surface area contributed by atoms with Crippen LogP contribution in [-0.4, -0.2) is 32.3 Å². The van der Waals surface area contributed by atoms with Gasteiger partial charge in [-0.1, -0.05) is 18.2 Å². The van der Waals surface area contributed by atoms with Crippen molar-refractivity contribution in [2.45, 2.75) is 0 Å². The second-order valence-electron chi connectivity index (χ2n) is 5.94. The summed E-state index contributed by atoms with van der Waals surface area (Å²) in [5, 5.41) is 0. The minimum Gasteiger partial charge on any atom is -0.497 e. The van der Waals surface area contributed by atoms with Gasteiger partial charge in [-0.15, -0.1) is 0 Å². The van der Waals surface area contributed by atoms with Crippen molar-refractivity contribution in [2.75, 3.05) is 20.3 Å². The molecule has 0 bridgehead atoms. The van der Waals surface area contributed by atoms with E-state index < -0.39 is 11.9 Å². The second kappa shape index (κ2) is 9.94. The first-order valence-corrected chi connectivity index (χ1v) is 8.97. The normalized spacial score (nSPS) is 10.1. The Bertz CT molecular complexity index is 933. The number of rotatable bonds is 8. The average Bonchev–Trinajstić information content (AvgIpc) is 2.78. The standard InChI is InChI=1S/C23H20O6/c1-26-19-11-7-18(8-12-19)23(25)29-21-13-9-17(10-14-21)22(24)28-16-15-27-20-5-3-2-4-6-20/h2-14H,15-16H2,1H3. The third-order valence-electron chi connectivity index (χ3n) is 3.95. The van der Waals surface area contributed by atoms with Crippen LogP contribution in [0.1, 0.15) is 20.7 Å². The van der Waals surface area contributed by atoms with Crippen LogP contribution >= 0.6 is 0 Å². The zero-order valence-corrected chi connectivity index (χ0v) is 15.9. The fourth-order valence-electron chi connectivity index (χ4n) is 2.45. The van der Waals surface area contributed by atoms with Gasteiger partial charge in [-0.3, -0.25) is 0 Å². The van der Waals surface area contributed by atoms with Crippen molar-refractivity contribution in [3.8, 4) is 17.2 Å². The van der Waals surface area contributed by atoms with E-state index in [1.807, 2.05) is 30.3 Å². The maximum Gasteiger partial charge on any atom is 0.343 e. The lowest BCUT2D eigenvalue weighted by Gasteiger charge is -2.08. The summed E-state index contributed by atoms with van der Waals surface area (Å²) in [5.74, 6) is 0.718. The highest BCUT2D eigenvalue weighted by Crippen LogP contribution is 2.17. The van der Waals surface area contributed by atoms with Gasteiger partial charge in [-0.2, -0.15) is 0 Å². The van der Waals surface area contributed by atoms with Gasteiger partial charge in [0, 0.05) is 0 Å². The van der Waals surface area contributed by atoms with E-state index in [9.17, 15) is 9.59 Å². The largest absolute Gasteiger partial charge is 0.497 e. The Morgan fingerprint density at radius 3 is 1.86 bits per heavy atom. The maximum absolute atomic E-state index is 12.2. The maximum atomic E-state index is 12.2. The van der Waals surface area contributed by atoms with E-state index in [0.717, 1.165) is 0 Å². The summed E-state index contributed by atoms with van der Waals surface area (Å²) < 4.78 is 21.0. The molecule has 0 aromatic heterocycles. The SMILES string of the molecule is COc1ccc(C(=O)Oc2ccc(C(=O)OCCOc3ccccc3)cc2)cc1. The molecule has 3 aromatic rings. The van der Waals surface area contributed by atoms with Gasteiger partial charge in [0.1, 0.15) is 30.5 Å². The van der Waals surface area contributed by atoms with E-state index in [4.69, 9.17) is 18.9 Å². The van der Waals surface area contributed by atoms with E-state index in [0.29, 0.717) is 28.4 Å². The number of carbonyl (C=O) groups excluding carboxylic acids is 2. The van der Waals surface area contributed by atoms with Gasteiger partial charge in [-0.05, 0) is 60.7 Å². The van der Waals surface area contributed by atoms with Crippen molar-refractivity contribution in [1.29, 1.82) is 0 Å². The van der Waals surface area contributed by atoms with Crippen molar-refractivity contribution >= 4 is 11.9 Å². The Balaban J connectivity index is 1.47. The summed E-state index contributed by atoms with van der Waals surface area (Å²) in [6.45, 7) is 0.384. The fraction of sp³-hybridized carbons (Fsp3) is 0.130. The molecule has 0 aliphatic rings. The van der Waals surface area contributed by atoms with Crippen LogP contribution in [0.25, 0.3) is 0 Å². The van der Waals surface area contributed by atoms with Crippen LogP contribution in [0.2, 0.25) is 0 Å². The van der Waals surface area contributed by atoms with E-state index in [2.05, 4.69) is 0 Å². The summed E-state index contributed by atoms with van der Waals surface area (Å²) in [5.41, 5.74) is 0.752. The molecule has 6 heteroatoms. The molecule has 3 aromatic carbocycles. The number of benzene rings is 3. The monoisotopic (exact) mass is 392 g/mol. The van der Waals surface area contributed by atoms with Crippen molar-refractivity contribution < 1.29 is 28.5 Å². The van der Waals surface area contributed by atoms with Crippen molar-refractivity contribution in [3.63, 3.8) is 0 Å². The van der Waals surface area contributed by atoms with Crippen LogP contribution < -0.4 is 14.2 Å². The second-order valence-corrected chi connectivity index (χ2v) is 5.94. The van der Waals surface area contributed by atoms with E-state index in [1.54, 1.807) is 43.5 Å². The number of methoxy groups -OCH3 is 1. The quantitative estimate of drug-likeness (QED) is 0.326. The third kappa shape index (κ3) is 5.84. The Morgan fingerprint density at radius 2 is 1.24 bits per heavy atom. The summed E-state index contributed by atoms with van der Waals surface area (Å²) >= 11 is 0. The fourth-order valence-corrected chi connectivity index (χ4v) is 2.45. The van der Waals surface area contributed by atoms with Crippen molar-refractivity contribution in [2.24, 2.45) is 0 Å². The van der Waals surface area contributed by atoms with Gasteiger partial charge in [0.15, 0.2) is 0 Å². The van der Waals surface area contributed by atoms with Gasteiger partial charge in [0.25, 0.3) is 0 Å². The topological polar surface area (TPSA) is 71.1 Å². The molecule has 0 heterocycles. The van der Waals surface area contributed by atoms with Crippen molar-refractivity contribution in [3.05, 3.63) is 90.0 Å². The van der Waals surface area contributed by atoms with Gasteiger partial charge < -0.3 is 18.9 Å². The molecule has 0 unspecified atom stereocenters. The molecule has 6 nitrogen and oxygen atoms in total. The van der Waals surface area contributed by atoms with E-state index in [-0.39, 0.29) is 13.2 Å². The Morgan fingerprint density at radius 1 is 0.655 bits per heavy atom. The number of carbonyl (C=O) groups is 2. The lowest BCUT2D eigenvalue weighted by atomic mass is 10.2. The molecule has 0 N–H and O–H groups in total. The van der Waals surface area contributed by atoms with Crippen LogP contribution in [-0.2, 0) is 4.74 Å². The zero-order valence-electron chi connectivity index (χ0n) is 15.9. The van der Waals surface area contributed by atoms with Gasteiger partial charge >= 0.3 is 11.9 Å². The van der Waals surface area contributed by atoms with Gasteiger partial charge in [0.2, 0.25) is 0 Å². The first-order valence-electron chi connectivity index (χ1n) is 8.97. The van der Waals surface area contributed by atoms with Crippen LogP contribution in [0.15, 0.2) is 78.9 Å². The van der Waals surface area contributed by atoms with Crippen LogP contribution in [0.5, 0.6) is 17.2 Å². The average molecular weight is 392 g/mol. The summed E-state index contributed by atoms with van der Waals surface area (Å²) in [6, 6.07) is 22.0. The van der Waals surface area contributed by atoms with Gasteiger partial charge in [0.05, 0.1) is 18.2 Å². The van der Waals surface area contributed by atoms with Crippen molar-refractivity contribution in [1.82, 2.24) is 0 Å². The number of hydrogen-bond acceptors (Lipinski definition) is 6. The molecule has 3 rings (SSSR count). The Kier molecular flexibility index (Phi) is 6.84. The molecule has 0 atom stereocenters. The highest BCUT2D eigenvalue weighted by atomic mass is 16.6. The smallest absolute Gasteiger partial charge is 0.343 e. The lowest BCUT2D eigenvalue weighted by molar-refractivity contribution is 0.0450. The molecule has 0 saturated heterocycles. The number of esters is 2. The predicted octanol–water partition coefficient (Wildman–Crippen LogP) is 4.15. The highest BCUT2D eigenvalue weighted by Gasteiger charge is 2.11. The van der Waals surface area contributed by atoms with Crippen LogP contribution in [0.4, 0.5) is 0 Å². The summed E-state index contributed by atoms with van der Waals surface area (Å²) in [6.07, 6.45) is 0. The molecule has 0 amide bonds. The van der Waals surface area contributed by atoms with Crippen LogP contribution in [0, 0.1) is 0 Å². The minimum atomic E-state index is -0.499. The predicted molar refractivity (Wildman–Crippen MR) is 107 cm³/mol. The molecule has 0 radical (unpaired) electrons. The molecule has 0 spiro atoms. The molecule has 0 saturated carbocycles. The summed E-state index contributed by atoms with van der Waals surface area (Å²) in [4.78, 5) is 24.2. The molecule has 29 heavy (non-hydrogen) atoms. The first-order chi connectivity index (χ1) is 14.2. The third-order valence-corrected chi connectivity index (χ3v) is 3.95. The number of ether oxygens (including phenoxy) is 4. The highest BCUT2D eigenvalue weighted by molar-refractivity contribution is 5.92. The van der Waals surface area contributed by atoms with Crippen LogP contribution in [0.3, 0.4) is 0 Å². The Hall–Kier alpha value is -3.80. The minimum absolute atomic E-state index is 0.127. The van der Waals surface area contributed by atoms with E-state index in [1.165, 1.54) is 12.1 Å². The Labute approximate surface area is 168 Å². The number of hydrogen-bond donors (Lipinski definition) is 0. The lowest BCUT2D eigenvalue weighted by Crippen LogP contribution is -2.12. The summed E-state index contributed by atoms with van der Waals surface area (Å²) in [7, 11) is 1.55. The molecular weight excluding hydrogens is 372 g/mol. The van der Waals surface area contributed by atoms with Gasteiger partial charge in [-0.25, -0.2) is 9.59 Å². The molecule has 148 valence electrons. The number of para-hydroxylation sites is 1. The van der Waals surface area contributed by atoms with E-state index >= 15 is 0 Å².